The number of pyridine rings is 2. The molecule has 1 saturated heterocycles. The summed E-state index contributed by atoms with van der Waals surface area (Å²) in [5.41, 5.74) is 7.07. The van der Waals surface area contributed by atoms with Crippen LogP contribution >= 0.6 is 0 Å². The van der Waals surface area contributed by atoms with Crippen LogP contribution in [0.15, 0.2) is 49.1 Å². The van der Waals surface area contributed by atoms with Gasteiger partial charge in [-0.3, -0.25) is 28.9 Å². The molecule has 0 aromatic carbocycles. The van der Waals surface area contributed by atoms with Crippen molar-refractivity contribution < 1.29 is 48.5 Å². The molecular weight excluding hydrogens is 679 g/mol. The zero-order valence-electron chi connectivity index (χ0n) is 33.9. The molecule has 0 saturated carbocycles. The molecule has 0 radical (unpaired) electrons. The van der Waals surface area contributed by atoms with E-state index in [0.717, 1.165) is 66.1 Å². The van der Waals surface area contributed by atoms with Crippen molar-refractivity contribution in [2.24, 2.45) is 10.8 Å². The van der Waals surface area contributed by atoms with Crippen molar-refractivity contribution in [3.8, 4) is 22.5 Å². The Morgan fingerprint density at radius 1 is 0.741 bits per heavy atom. The predicted molar refractivity (Wildman–Crippen MR) is 203 cm³/mol. The third-order valence-corrected chi connectivity index (χ3v) is 10.3. The van der Waals surface area contributed by atoms with Gasteiger partial charge >= 0.3 is 30.8 Å². The van der Waals surface area contributed by atoms with Gasteiger partial charge in [-0.25, -0.2) is 0 Å². The normalized spacial score (nSPS) is 20.3. The van der Waals surface area contributed by atoms with Gasteiger partial charge in [-0.05, 0) is 131 Å². The summed E-state index contributed by atoms with van der Waals surface area (Å²) in [7, 11) is 1.46. The SMILES string of the molecule is C1CCOC1.CC1(C(=O)O)CCc2c(c(-c3ccncc3)nn2C(C)(C)C)C1.COC(=O)C1(C)CCc2c(c(-c3ccncc3)nn2C(C)(C)C)C1.[Li+].[OH-]. The molecule has 13 heteroatoms. The Kier molecular flexibility index (Phi) is 14.7. The molecule has 2 atom stereocenters. The molecule has 12 nitrogen and oxygen atoms in total. The molecule has 0 bridgehead atoms. The fraction of sp³-hybridized carbons (Fsp3) is 0.561. The zero-order valence-corrected chi connectivity index (χ0v) is 33.9. The molecule has 4 aromatic heterocycles. The monoisotopic (exact) mass is 736 g/mol. The number of carbonyl (C=O) groups is 2. The van der Waals surface area contributed by atoms with Gasteiger partial charge < -0.3 is 20.1 Å². The van der Waals surface area contributed by atoms with Crippen molar-refractivity contribution in [2.45, 2.75) is 118 Å². The Balaban J connectivity index is 0.000000249. The van der Waals surface area contributed by atoms with E-state index in [2.05, 4.69) is 60.9 Å². The Morgan fingerprint density at radius 3 is 1.46 bits per heavy atom. The molecular formula is C41H57LiN6O6. The molecule has 288 valence electrons. The Morgan fingerprint density at radius 2 is 1.13 bits per heavy atom. The van der Waals surface area contributed by atoms with Gasteiger partial charge in [0, 0.05) is 71.6 Å². The van der Waals surface area contributed by atoms with Crippen LogP contribution in [-0.4, -0.2) is 72.4 Å². The fourth-order valence-electron chi connectivity index (χ4n) is 7.31. The number of carboxylic acids is 1. The minimum absolute atomic E-state index is 0. The van der Waals surface area contributed by atoms with Crippen LogP contribution < -0.4 is 18.9 Å². The first-order valence-electron chi connectivity index (χ1n) is 18.4. The molecule has 2 N–H and O–H groups in total. The molecule has 0 amide bonds. The number of rotatable bonds is 4. The topological polar surface area (TPSA) is 164 Å². The number of esters is 1. The van der Waals surface area contributed by atoms with E-state index in [1.54, 1.807) is 24.8 Å². The van der Waals surface area contributed by atoms with E-state index in [1.807, 2.05) is 38.1 Å². The molecule has 5 heterocycles. The van der Waals surface area contributed by atoms with Crippen molar-refractivity contribution in [2.75, 3.05) is 20.3 Å². The van der Waals surface area contributed by atoms with Gasteiger partial charge in [0.25, 0.3) is 0 Å². The number of hydrogen-bond acceptors (Lipinski definition) is 9. The molecule has 54 heavy (non-hydrogen) atoms. The van der Waals surface area contributed by atoms with E-state index in [0.29, 0.717) is 19.3 Å². The molecule has 7 rings (SSSR count). The van der Waals surface area contributed by atoms with E-state index in [9.17, 15) is 14.7 Å². The summed E-state index contributed by atoms with van der Waals surface area (Å²) in [6, 6.07) is 7.81. The quantitative estimate of drug-likeness (QED) is 0.236. The summed E-state index contributed by atoms with van der Waals surface area (Å²) in [5, 5.41) is 19.4. The number of ether oxygens (including phenoxy) is 2. The third-order valence-electron chi connectivity index (χ3n) is 10.3. The van der Waals surface area contributed by atoms with Crippen molar-refractivity contribution in [3.05, 3.63) is 71.6 Å². The number of aromatic nitrogens is 6. The second-order valence-corrected chi connectivity index (χ2v) is 16.8. The molecule has 3 aliphatic rings. The zero-order chi connectivity index (χ0) is 37.9. The molecule has 4 aromatic rings. The molecule has 0 spiro atoms. The van der Waals surface area contributed by atoms with E-state index in [-0.39, 0.29) is 41.4 Å². The number of carbonyl (C=O) groups excluding carboxylic acids is 1. The largest absolute Gasteiger partial charge is 1.00 e. The van der Waals surface area contributed by atoms with Crippen LogP contribution in [0.2, 0.25) is 0 Å². The molecule has 2 unspecified atom stereocenters. The van der Waals surface area contributed by atoms with Crippen LogP contribution in [-0.2, 0) is 55.8 Å². The maximum absolute atomic E-state index is 12.3. The van der Waals surface area contributed by atoms with Crippen molar-refractivity contribution in [1.82, 2.24) is 29.5 Å². The second kappa shape index (κ2) is 17.8. The van der Waals surface area contributed by atoms with Gasteiger partial charge in [-0.1, -0.05) is 0 Å². The van der Waals surface area contributed by atoms with Crippen LogP contribution in [0.3, 0.4) is 0 Å². The Hall–Kier alpha value is -3.82. The first-order chi connectivity index (χ1) is 24.5. The predicted octanol–water partition coefficient (Wildman–Crippen LogP) is 4.27. The number of methoxy groups -OCH3 is 1. The average Bonchev–Trinajstić information content (AvgIpc) is 3.89. The summed E-state index contributed by atoms with van der Waals surface area (Å²) >= 11 is 0. The minimum Gasteiger partial charge on any atom is -0.870 e. The van der Waals surface area contributed by atoms with Crippen LogP contribution in [0.5, 0.6) is 0 Å². The van der Waals surface area contributed by atoms with Crippen LogP contribution in [0.4, 0.5) is 0 Å². The maximum atomic E-state index is 12.3. The number of fused-ring (bicyclic) bond motifs is 2. The number of carboxylic acid groups (broad SMARTS) is 1. The van der Waals surface area contributed by atoms with Crippen LogP contribution in [0.25, 0.3) is 22.5 Å². The van der Waals surface area contributed by atoms with Gasteiger partial charge in [0.15, 0.2) is 0 Å². The summed E-state index contributed by atoms with van der Waals surface area (Å²) in [6.07, 6.45) is 13.8. The summed E-state index contributed by atoms with van der Waals surface area (Å²) in [4.78, 5) is 32.2. The van der Waals surface area contributed by atoms with Crippen LogP contribution in [0, 0.1) is 10.8 Å². The third kappa shape index (κ3) is 9.69. The molecule has 2 aliphatic carbocycles. The molecule has 1 aliphatic heterocycles. The summed E-state index contributed by atoms with van der Waals surface area (Å²) in [5.74, 6) is -0.871. The van der Waals surface area contributed by atoms with Crippen molar-refractivity contribution >= 4 is 11.9 Å². The second-order valence-electron chi connectivity index (χ2n) is 16.8. The minimum atomic E-state index is -0.729. The number of hydrogen-bond donors (Lipinski definition) is 1. The van der Waals surface area contributed by atoms with E-state index in [1.165, 1.54) is 31.3 Å². The van der Waals surface area contributed by atoms with Crippen molar-refractivity contribution in [1.29, 1.82) is 0 Å². The Bertz CT molecular complexity index is 1850. The van der Waals surface area contributed by atoms with Gasteiger partial charge in [-0.15, -0.1) is 0 Å². The fourth-order valence-corrected chi connectivity index (χ4v) is 7.31. The van der Waals surface area contributed by atoms with Crippen molar-refractivity contribution in [3.63, 3.8) is 0 Å². The first-order valence-corrected chi connectivity index (χ1v) is 18.4. The smallest absolute Gasteiger partial charge is 0.870 e. The standard InChI is InChI=1S/C19H25N3O2.C18H23N3O2.C4H8O.Li.H2O/c1-18(2,3)22-15-6-9-19(4,17(23)24-5)12-14(15)16(21-22)13-7-10-20-11-8-13;1-17(2,3)21-14-5-8-18(4,16(22)23)11-13(14)15(20-21)12-6-9-19-10-7-12;1-2-4-5-3-1;;/h7-8,10-11H,6,9,12H2,1-5H3;6-7,9-10H,5,8,11H2,1-4H3,(H,22,23);1-4H2;;1H2/q;;;+1;/p-1. The summed E-state index contributed by atoms with van der Waals surface area (Å²) in [6.45, 7) is 18.7. The van der Waals surface area contributed by atoms with Gasteiger partial charge in [0.1, 0.15) is 0 Å². The van der Waals surface area contributed by atoms with E-state index < -0.39 is 16.8 Å². The molecule has 1 fully saturated rings. The average molecular weight is 737 g/mol. The van der Waals surface area contributed by atoms with Gasteiger partial charge in [-0.2, -0.15) is 10.2 Å². The van der Waals surface area contributed by atoms with Gasteiger partial charge in [0.2, 0.25) is 0 Å². The number of nitrogens with zero attached hydrogens (tertiary/aromatic N) is 6. The van der Waals surface area contributed by atoms with E-state index >= 15 is 0 Å². The maximum Gasteiger partial charge on any atom is 1.00 e. The number of aliphatic carboxylic acids is 1. The first kappa shape index (κ1) is 44.6. The Labute approximate surface area is 331 Å². The summed E-state index contributed by atoms with van der Waals surface area (Å²) < 4.78 is 14.2. The van der Waals surface area contributed by atoms with Crippen LogP contribution in [0.1, 0.15) is 104 Å². The van der Waals surface area contributed by atoms with E-state index in [4.69, 9.17) is 19.7 Å². The van der Waals surface area contributed by atoms with Gasteiger partial charge in [0.05, 0.1) is 40.4 Å².